The first kappa shape index (κ1) is 8.52. The predicted molar refractivity (Wildman–Crippen MR) is 48.9 cm³/mol. The van der Waals surface area contributed by atoms with Crippen molar-refractivity contribution in [1.29, 1.82) is 0 Å². The summed E-state index contributed by atoms with van der Waals surface area (Å²) in [5.41, 5.74) is 6.03. The van der Waals surface area contributed by atoms with E-state index < -0.39 is 0 Å². The molecule has 0 aromatic heterocycles. The van der Waals surface area contributed by atoms with Crippen LogP contribution in [0.1, 0.15) is 38.5 Å². The Hall–Kier alpha value is -0.0800. The summed E-state index contributed by atoms with van der Waals surface area (Å²) < 4.78 is 5.75. The van der Waals surface area contributed by atoms with Gasteiger partial charge in [0.15, 0.2) is 0 Å². The molecule has 12 heavy (non-hydrogen) atoms. The summed E-state index contributed by atoms with van der Waals surface area (Å²) in [6.45, 7) is 0.939. The zero-order chi connectivity index (χ0) is 8.39. The lowest BCUT2D eigenvalue weighted by Gasteiger charge is -2.33. The molecular formula is C10H19NO. The second-order valence-electron chi connectivity index (χ2n) is 4.19. The van der Waals surface area contributed by atoms with E-state index in [-0.39, 0.29) is 0 Å². The van der Waals surface area contributed by atoms with Gasteiger partial charge in [-0.15, -0.1) is 0 Å². The lowest BCUT2D eigenvalue weighted by atomic mass is 9.91. The lowest BCUT2D eigenvalue weighted by molar-refractivity contribution is -0.0325. The largest absolute Gasteiger partial charge is 0.376 e. The van der Waals surface area contributed by atoms with Crippen LogP contribution in [0.25, 0.3) is 0 Å². The third kappa shape index (κ3) is 1.64. The first-order valence-electron chi connectivity index (χ1n) is 5.25. The van der Waals surface area contributed by atoms with E-state index in [2.05, 4.69) is 0 Å². The highest BCUT2D eigenvalue weighted by molar-refractivity contribution is 4.85. The number of hydrogen-bond donors (Lipinski definition) is 1. The number of rotatable bonds is 1. The molecule has 2 atom stereocenters. The fourth-order valence-corrected chi connectivity index (χ4v) is 2.60. The van der Waals surface area contributed by atoms with Crippen LogP contribution >= 0.6 is 0 Å². The molecule has 2 N–H and O–H groups in total. The molecule has 1 saturated heterocycles. The normalized spacial score (nSPS) is 38.8. The highest BCUT2D eigenvalue weighted by Crippen LogP contribution is 2.32. The Morgan fingerprint density at radius 1 is 1.00 bits per heavy atom. The van der Waals surface area contributed by atoms with E-state index in [0.717, 1.165) is 18.9 Å². The van der Waals surface area contributed by atoms with E-state index >= 15 is 0 Å². The van der Waals surface area contributed by atoms with Crippen LogP contribution in [-0.2, 0) is 4.74 Å². The average Bonchev–Trinajstić information content (AvgIpc) is 2.57. The molecule has 0 spiro atoms. The monoisotopic (exact) mass is 169 g/mol. The van der Waals surface area contributed by atoms with Gasteiger partial charge in [-0.1, -0.05) is 12.8 Å². The molecule has 1 saturated carbocycles. The molecule has 1 aliphatic heterocycles. The first-order chi connectivity index (χ1) is 5.88. The van der Waals surface area contributed by atoms with Gasteiger partial charge in [-0.2, -0.15) is 0 Å². The zero-order valence-electron chi connectivity index (χ0n) is 7.67. The lowest BCUT2D eigenvalue weighted by Crippen LogP contribution is -2.44. The van der Waals surface area contributed by atoms with E-state index in [1.54, 1.807) is 0 Å². The fourth-order valence-electron chi connectivity index (χ4n) is 2.60. The molecule has 2 rings (SSSR count). The van der Waals surface area contributed by atoms with Crippen molar-refractivity contribution in [3.63, 3.8) is 0 Å². The quantitative estimate of drug-likeness (QED) is 0.648. The van der Waals surface area contributed by atoms with Crippen molar-refractivity contribution in [2.24, 2.45) is 11.7 Å². The SMILES string of the molecule is NC1CCCOC1C1CCCC1. The van der Waals surface area contributed by atoms with Crippen molar-refractivity contribution in [3.8, 4) is 0 Å². The standard InChI is InChI=1S/C10H19NO/c11-9-6-3-7-12-10(9)8-4-1-2-5-8/h8-10H,1-7,11H2. The third-order valence-corrected chi connectivity index (χ3v) is 3.28. The molecule has 2 heteroatoms. The van der Waals surface area contributed by atoms with Crippen LogP contribution in [-0.4, -0.2) is 18.8 Å². The highest BCUT2D eigenvalue weighted by Gasteiger charge is 2.32. The summed E-state index contributed by atoms with van der Waals surface area (Å²) >= 11 is 0. The molecule has 1 heterocycles. The summed E-state index contributed by atoms with van der Waals surface area (Å²) in [4.78, 5) is 0. The molecule has 2 nitrogen and oxygen atoms in total. The number of ether oxygens (including phenoxy) is 1. The van der Waals surface area contributed by atoms with Crippen molar-refractivity contribution in [3.05, 3.63) is 0 Å². The topological polar surface area (TPSA) is 35.2 Å². The molecule has 2 unspecified atom stereocenters. The molecule has 0 bridgehead atoms. The second kappa shape index (κ2) is 3.75. The maximum Gasteiger partial charge on any atom is 0.0753 e. The average molecular weight is 169 g/mol. The molecule has 0 aromatic carbocycles. The van der Waals surface area contributed by atoms with Crippen LogP contribution in [0.3, 0.4) is 0 Å². The van der Waals surface area contributed by atoms with Gasteiger partial charge < -0.3 is 10.5 Å². The van der Waals surface area contributed by atoms with Gasteiger partial charge in [-0.05, 0) is 31.6 Å². The van der Waals surface area contributed by atoms with E-state index in [0.29, 0.717) is 12.1 Å². The Balaban J connectivity index is 1.91. The minimum absolute atomic E-state index is 0.321. The molecule has 2 aliphatic rings. The minimum atomic E-state index is 0.321. The third-order valence-electron chi connectivity index (χ3n) is 3.28. The Morgan fingerprint density at radius 3 is 2.42 bits per heavy atom. The van der Waals surface area contributed by atoms with E-state index in [1.807, 2.05) is 0 Å². The smallest absolute Gasteiger partial charge is 0.0753 e. The fraction of sp³-hybridized carbons (Fsp3) is 1.00. The maximum absolute atomic E-state index is 6.03. The van der Waals surface area contributed by atoms with Crippen LogP contribution < -0.4 is 5.73 Å². The van der Waals surface area contributed by atoms with Gasteiger partial charge in [-0.25, -0.2) is 0 Å². The van der Waals surface area contributed by atoms with Crippen molar-refractivity contribution in [2.45, 2.75) is 50.7 Å². The molecule has 1 aliphatic carbocycles. The van der Waals surface area contributed by atoms with Crippen LogP contribution in [0.4, 0.5) is 0 Å². The van der Waals surface area contributed by atoms with E-state index in [4.69, 9.17) is 10.5 Å². The van der Waals surface area contributed by atoms with Gasteiger partial charge in [0.2, 0.25) is 0 Å². The Labute approximate surface area is 74.5 Å². The summed E-state index contributed by atoms with van der Waals surface area (Å²) in [7, 11) is 0. The predicted octanol–water partition coefficient (Wildman–Crippen LogP) is 1.68. The molecule has 70 valence electrons. The Kier molecular flexibility index (Phi) is 2.66. The molecule has 0 radical (unpaired) electrons. The highest BCUT2D eigenvalue weighted by atomic mass is 16.5. The van der Waals surface area contributed by atoms with Crippen LogP contribution in [0.15, 0.2) is 0 Å². The molecule has 2 fully saturated rings. The van der Waals surface area contributed by atoms with E-state index in [9.17, 15) is 0 Å². The maximum atomic E-state index is 6.03. The number of nitrogens with two attached hydrogens (primary N) is 1. The van der Waals surface area contributed by atoms with Crippen molar-refractivity contribution < 1.29 is 4.74 Å². The minimum Gasteiger partial charge on any atom is -0.376 e. The molecular weight excluding hydrogens is 150 g/mol. The summed E-state index contributed by atoms with van der Waals surface area (Å²) in [6.07, 6.45) is 8.18. The second-order valence-corrected chi connectivity index (χ2v) is 4.19. The van der Waals surface area contributed by atoms with Gasteiger partial charge in [0, 0.05) is 12.6 Å². The first-order valence-corrected chi connectivity index (χ1v) is 5.25. The summed E-state index contributed by atoms with van der Waals surface area (Å²) in [5, 5.41) is 0. The van der Waals surface area contributed by atoms with Crippen molar-refractivity contribution in [1.82, 2.24) is 0 Å². The van der Waals surface area contributed by atoms with Crippen LogP contribution in [0.2, 0.25) is 0 Å². The summed E-state index contributed by atoms with van der Waals surface area (Å²) in [5.74, 6) is 0.778. The van der Waals surface area contributed by atoms with Gasteiger partial charge in [0.25, 0.3) is 0 Å². The van der Waals surface area contributed by atoms with Gasteiger partial charge in [0.1, 0.15) is 0 Å². The zero-order valence-corrected chi connectivity index (χ0v) is 7.67. The van der Waals surface area contributed by atoms with Crippen LogP contribution in [0, 0.1) is 5.92 Å². The van der Waals surface area contributed by atoms with Crippen LogP contribution in [0.5, 0.6) is 0 Å². The molecule has 0 aromatic rings. The number of hydrogen-bond acceptors (Lipinski definition) is 2. The van der Waals surface area contributed by atoms with Crippen molar-refractivity contribution >= 4 is 0 Å². The van der Waals surface area contributed by atoms with Gasteiger partial charge >= 0.3 is 0 Å². The van der Waals surface area contributed by atoms with E-state index in [1.165, 1.54) is 32.1 Å². The Bertz CT molecular complexity index is 143. The Morgan fingerprint density at radius 2 is 1.75 bits per heavy atom. The van der Waals surface area contributed by atoms with Gasteiger partial charge in [0.05, 0.1) is 6.10 Å². The summed E-state index contributed by atoms with van der Waals surface area (Å²) in [6, 6.07) is 0.321. The molecule has 0 amide bonds. The van der Waals surface area contributed by atoms with Gasteiger partial charge in [-0.3, -0.25) is 0 Å². The van der Waals surface area contributed by atoms with Crippen molar-refractivity contribution in [2.75, 3.05) is 6.61 Å².